The van der Waals surface area contributed by atoms with Crippen LogP contribution in [0, 0.1) is 0 Å². The van der Waals surface area contributed by atoms with Gasteiger partial charge in [-0.25, -0.2) is 4.79 Å². The Morgan fingerprint density at radius 3 is 2.78 bits per heavy atom. The molecule has 0 unspecified atom stereocenters. The second-order valence-electron chi connectivity index (χ2n) is 3.52. The summed E-state index contributed by atoms with van der Waals surface area (Å²) in [6.07, 6.45) is 0.579. The number of rotatable bonds is 2. The van der Waals surface area contributed by atoms with Gasteiger partial charge in [0.15, 0.2) is 5.76 Å². The number of hydrogen-bond acceptors (Lipinski definition) is 5. The second-order valence-corrected chi connectivity index (χ2v) is 3.52. The molecule has 92 valence electrons. The molecule has 1 fully saturated rings. The lowest BCUT2D eigenvalue weighted by atomic mass is 10.2. The lowest BCUT2D eigenvalue weighted by Gasteiger charge is -2.01. The maximum Gasteiger partial charge on any atom is 0.419 e. The number of benzene rings is 1. The highest BCUT2D eigenvalue weighted by molar-refractivity contribution is 6.09. The van der Waals surface area contributed by atoms with E-state index >= 15 is 0 Å². The zero-order chi connectivity index (χ0) is 13.1. The first-order valence-corrected chi connectivity index (χ1v) is 5.08. The Morgan fingerprint density at radius 2 is 2.17 bits per heavy atom. The van der Waals surface area contributed by atoms with Gasteiger partial charge in [-0.15, -0.1) is 0 Å². The van der Waals surface area contributed by atoms with Crippen molar-refractivity contribution < 1.29 is 23.9 Å². The summed E-state index contributed by atoms with van der Waals surface area (Å²) in [6.45, 7) is 1.29. The number of carbonyl (C=O) groups excluding carboxylic acids is 3. The quantitative estimate of drug-likeness (QED) is 0.482. The maximum atomic E-state index is 11.2. The van der Waals surface area contributed by atoms with Crippen LogP contribution in [0.15, 0.2) is 30.0 Å². The Kier molecular flexibility index (Phi) is 3.09. The molecule has 0 saturated carbocycles. The smallest absolute Gasteiger partial charge is 0.419 e. The van der Waals surface area contributed by atoms with E-state index in [0.29, 0.717) is 11.3 Å². The van der Waals surface area contributed by atoms with Gasteiger partial charge in [-0.2, -0.15) is 0 Å². The number of ether oxygens (including phenoxy) is 2. The van der Waals surface area contributed by atoms with Crippen molar-refractivity contribution in [3.8, 4) is 5.75 Å². The highest BCUT2D eigenvalue weighted by atomic mass is 16.6. The fourth-order valence-corrected chi connectivity index (χ4v) is 1.41. The van der Waals surface area contributed by atoms with Gasteiger partial charge in [0.1, 0.15) is 5.75 Å². The molecule has 6 nitrogen and oxygen atoms in total. The second kappa shape index (κ2) is 4.70. The summed E-state index contributed by atoms with van der Waals surface area (Å²) in [5, 5.41) is 1.98. The zero-order valence-electron chi connectivity index (χ0n) is 9.43. The Hall–Kier alpha value is -2.63. The lowest BCUT2D eigenvalue weighted by molar-refractivity contribution is -0.131. The third-order valence-corrected chi connectivity index (χ3v) is 2.06. The monoisotopic (exact) mass is 247 g/mol. The van der Waals surface area contributed by atoms with Crippen LogP contribution in [-0.2, 0) is 14.3 Å². The van der Waals surface area contributed by atoms with Crippen LogP contribution in [0.1, 0.15) is 12.5 Å². The molecule has 6 heteroatoms. The minimum atomic E-state index is -0.803. The molecule has 0 aliphatic carbocycles. The fraction of sp³-hybridized carbons (Fsp3) is 0.0833. The maximum absolute atomic E-state index is 11.2. The normalized spacial score (nSPS) is 16.4. The van der Waals surface area contributed by atoms with Gasteiger partial charge >= 0.3 is 12.1 Å². The first-order chi connectivity index (χ1) is 8.54. The molecule has 0 radical (unpaired) electrons. The topological polar surface area (TPSA) is 81.7 Å². The van der Waals surface area contributed by atoms with Crippen molar-refractivity contribution in [2.24, 2.45) is 0 Å². The summed E-state index contributed by atoms with van der Waals surface area (Å²) in [5.74, 6) is -0.788. The average molecular weight is 247 g/mol. The predicted octanol–water partition coefficient (Wildman–Crippen LogP) is 1.22. The van der Waals surface area contributed by atoms with E-state index < -0.39 is 18.0 Å². The van der Waals surface area contributed by atoms with Gasteiger partial charge in [0.2, 0.25) is 0 Å². The Labute approximate surface area is 102 Å². The van der Waals surface area contributed by atoms with Crippen molar-refractivity contribution in [1.82, 2.24) is 5.32 Å². The van der Waals surface area contributed by atoms with E-state index in [9.17, 15) is 14.4 Å². The van der Waals surface area contributed by atoms with Crippen LogP contribution in [0.3, 0.4) is 0 Å². The fourth-order valence-electron chi connectivity index (χ4n) is 1.41. The van der Waals surface area contributed by atoms with Crippen molar-refractivity contribution in [2.45, 2.75) is 6.92 Å². The van der Waals surface area contributed by atoms with E-state index in [1.807, 2.05) is 5.32 Å². The van der Waals surface area contributed by atoms with Crippen molar-refractivity contribution in [2.75, 3.05) is 0 Å². The third-order valence-electron chi connectivity index (χ3n) is 2.06. The van der Waals surface area contributed by atoms with Crippen molar-refractivity contribution in [3.05, 3.63) is 35.6 Å². The SMILES string of the molecule is CC(=O)Oc1cccc(/C=C2/OC(=O)NC2=O)c1. The van der Waals surface area contributed by atoms with E-state index in [1.54, 1.807) is 24.3 Å². The number of esters is 1. The summed E-state index contributed by atoms with van der Waals surface area (Å²) in [7, 11) is 0. The molecular formula is C12H9NO5. The molecule has 0 spiro atoms. The van der Waals surface area contributed by atoms with Crippen molar-refractivity contribution in [1.29, 1.82) is 0 Å². The number of alkyl carbamates (subject to hydrolysis) is 1. The van der Waals surface area contributed by atoms with E-state index in [2.05, 4.69) is 4.74 Å². The molecule has 2 rings (SSSR count). The number of imide groups is 1. The largest absolute Gasteiger partial charge is 0.427 e. The lowest BCUT2D eigenvalue weighted by Crippen LogP contribution is -2.18. The summed E-state index contributed by atoms with van der Waals surface area (Å²) < 4.78 is 9.54. The molecule has 0 aromatic heterocycles. The molecule has 1 N–H and O–H groups in total. The molecule has 1 aliphatic rings. The van der Waals surface area contributed by atoms with E-state index in [1.165, 1.54) is 13.0 Å². The first-order valence-electron chi connectivity index (χ1n) is 5.08. The average Bonchev–Trinajstić information content (AvgIpc) is 2.57. The van der Waals surface area contributed by atoms with Crippen LogP contribution < -0.4 is 10.1 Å². The van der Waals surface area contributed by atoms with Crippen LogP contribution in [0.25, 0.3) is 6.08 Å². The number of hydrogen-bond donors (Lipinski definition) is 1. The molecule has 0 atom stereocenters. The van der Waals surface area contributed by atoms with Crippen molar-refractivity contribution >= 4 is 24.0 Å². The van der Waals surface area contributed by atoms with Gasteiger partial charge in [0.05, 0.1) is 0 Å². The number of carbonyl (C=O) groups is 3. The Balaban J connectivity index is 2.24. The molecular weight excluding hydrogens is 238 g/mol. The summed E-state index contributed by atoms with van der Waals surface area (Å²) in [5.41, 5.74) is 0.577. The van der Waals surface area contributed by atoms with E-state index in [0.717, 1.165) is 0 Å². The van der Waals surface area contributed by atoms with Crippen molar-refractivity contribution in [3.63, 3.8) is 0 Å². The van der Waals surface area contributed by atoms with Gasteiger partial charge < -0.3 is 9.47 Å². The molecule has 1 saturated heterocycles. The van der Waals surface area contributed by atoms with Crippen LogP contribution in [0.2, 0.25) is 0 Å². The molecule has 1 aliphatic heterocycles. The predicted molar refractivity (Wildman–Crippen MR) is 60.4 cm³/mol. The van der Waals surface area contributed by atoms with Gasteiger partial charge in [0.25, 0.3) is 5.91 Å². The third kappa shape index (κ3) is 2.73. The molecule has 1 heterocycles. The standard InChI is InChI=1S/C12H9NO5/c1-7(14)17-9-4-2-3-8(5-9)6-10-11(15)13-12(16)18-10/h2-6H,1H3,(H,13,15,16)/b10-6+. The van der Waals surface area contributed by atoms with Crippen LogP contribution in [-0.4, -0.2) is 18.0 Å². The number of cyclic esters (lactones) is 1. The molecule has 2 amide bonds. The first kappa shape index (κ1) is 11.8. The van der Waals surface area contributed by atoms with Gasteiger partial charge in [0, 0.05) is 6.92 Å². The van der Waals surface area contributed by atoms with Gasteiger partial charge in [-0.1, -0.05) is 12.1 Å². The van der Waals surface area contributed by atoms with Crippen LogP contribution >= 0.6 is 0 Å². The number of nitrogens with one attached hydrogen (secondary N) is 1. The molecule has 0 bridgehead atoms. The molecule has 1 aromatic rings. The minimum Gasteiger partial charge on any atom is -0.427 e. The van der Waals surface area contributed by atoms with Gasteiger partial charge in [-0.05, 0) is 23.8 Å². The highest BCUT2D eigenvalue weighted by Crippen LogP contribution is 2.18. The van der Waals surface area contributed by atoms with Crippen LogP contribution in [0.4, 0.5) is 4.79 Å². The summed E-state index contributed by atoms with van der Waals surface area (Å²) in [4.78, 5) is 32.8. The Bertz CT molecular complexity index is 561. The van der Waals surface area contributed by atoms with Gasteiger partial charge in [-0.3, -0.25) is 14.9 Å². The zero-order valence-corrected chi connectivity index (χ0v) is 9.43. The molecule has 1 aromatic carbocycles. The Morgan fingerprint density at radius 1 is 1.39 bits per heavy atom. The minimum absolute atomic E-state index is 0.0972. The highest BCUT2D eigenvalue weighted by Gasteiger charge is 2.25. The molecule has 18 heavy (non-hydrogen) atoms. The van der Waals surface area contributed by atoms with E-state index in [4.69, 9.17) is 4.74 Å². The van der Waals surface area contributed by atoms with E-state index in [-0.39, 0.29) is 5.76 Å². The summed E-state index contributed by atoms with van der Waals surface area (Å²) in [6, 6.07) is 6.48. The summed E-state index contributed by atoms with van der Waals surface area (Å²) >= 11 is 0. The van der Waals surface area contributed by atoms with Crippen LogP contribution in [0.5, 0.6) is 5.75 Å². The number of amides is 2.